The van der Waals surface area contributed by atoms with E-state index in [1.54, 1.807) is 12.1 Å². The third-order valence-corrected chi connectivity index (χ3v) is 5.98. The molecule has 0 aliphatic carbocycles. The molecular formula is C24H19Cl2N3O2S. The number of fused-ring (bicyclic) bond motifs is 1. The van der Waals surface area contributed by atoms with Crippen LogP contribution in [0.1, 0.15) is 27.0 Å². The summed E-state index contributed by atoms with van der Waals surface area (Å²) in [6.45, 7) is 5.97. The molecule has 0 fully saturated rings. The topological polar surface area (TPSA) is 67.2 Å². The van der Waals surface area contributed by atoms with Crippen molar-refractivity contribution in [2.75, 3.05) is 5.32 Å². The fourth-order valence-electron chi connectivity index (χ4n) is 3.46. The number of nitrogens with zero attached hydrogens (tertiary/aromatic N) is 1. The molecule has 0 bridgehead atoms. The molecule has 32 heavy (non-hydrogen) atoms. The first kappa shape index (κ1) is 22.3. The van der Waals surface area contributed by atoms with Gasteiger partial charge in [0.1, 0.15) is 5.52 Å². The predicted octanol–water partition coefficient (Wildman–Crippen LogP) is 6.85. The fraction of sp³-hybridized carbons (Fsp3) is 0.125. The van der Waals surface area contributed by atoms with Gasteiger partial charge in [0.2, 0.25) is 5.89 Å². The summed E-state index contributed by atoms with van der Waals surface area (Å²) in [5.41, 5.74) is 6.57. The van der Waals surface area contributed by atoms with Crippen LogP contribution in [0.2, 0.25) is 10.0 Å². The molecule has 2 N–H and O–H groups in total. The van der Waals surface area contributed by atoms with Crippen LogP contribution in [0.15, 0.2) is 52.9 Å². The average molecular weight is 484 g/mol. The lowest BCUT2D eigenvalue weighted by atomic mass is 10.1. The van der Waals surface area contributed by atoms with Crippen LogP contribution in [-0.2, 0) is 0 Å². The first-order chi connectivity index (χ1) is 15.2. The number of amides is 1. The van der Waals surface area contributed by atoms with E-state index in [2.05, 4.69) is 21.7 Å². The number of oxazole rings is 1. The van der Waals surface area contributed by atoms with Crippen LogP contribution in [0.5, 0.6) is 0 Å². The van der Waals surface area contributed by atoms with E-state index in [-0.39, 0.29) is 11.0 Å². The van der Waals surface area contributed by atoms with Gasteiger partial charge in [-0.15, -0.1) is 0 Å². The van der Waals surface area contributed by atoms with Crippen LogP contribution in [-0.4, -0.2) is 16.0 Å². The number of carbonyl (C=O) groups excluding carboxylic acids is 1. The highest BCUT2D eigenvalue weighted by Crippen LogP contribution is 2.32. The van der Waals surface area contributed by atoms with Gasteiger partial charge in [0.25, 0.3) is 5.91 Å². The minimum Gasteiger partial charge on any atom is -0.436 e. The van der Waals surface area contributed by atoms with Crippen molar-refractivity contribution >= 4 is 63.2 Å². The maximum atomic E-state index is 12.5. The molecule has 0 aliphatic rings. The highest BCUT2D eigenvalue weighted by molar-refractivity contribution is 7.80. The molecule has 0 saturated heterocycles. The zero-order valence-corrected chi connectivity index (χ0v) is 19.9. The molecule has 1 heterocycles. The zero-order valence-electron chi connectivity index (χ0n) is 17.5. The van der Waals surface area contributed by atoms with Crippen LogP contribution in [0.4, 0.5) is 5.69 Å². The van der Waals surface area contributed by atoms with E-state index < -0.39 is 0 Å². The van der Waals surface area contributed by atoms with Crippen molar-refractivity contribution in [3.05, 3.63) is 80.8 Å². The van der Waals surface area contributed by atoms with Gasteiger partial charge in [-0.2, -0.15) is 0 Å². The molecule has 0 radical (unpaired) electrons. The lowest BCUT2D eigenvalue weighted by molar-refractivity contribution is 0.0977. The van der Waals surface area contributed by atoms with E-state index in [9.17, 15) is 4.79 Å². The quantitative estimate of drug-likeness (QED) is 0.311. The highest BCUT2D eigenvalue weighted by Gasteiger charge is 2.16. The second-order valence-electron chi connectivity index (χ2n) is 7.46. The Kier molecular flexibility index (Phi) is 6.20. The molecule has 1 amide bonds. The zero-order chi connectivity index (χ0) is 23.0. The number of carbonyl (C=O) groups is 1. The van der Waals surface area contributed by atoms with Gasteiger partial charge in [0, 0.05) is 16.8 Å². The molecule has 0 atom stereocenters. The smallest absolute Gasteiger partial charge is 0.257 e. The molecular weight excluding hydrogens is 465 g/mol. The van der Waals surface area contributed by atoms with Crippen molar-refractivity contribution in [1.29, 1.82) is 0 Å². The van der Waals surface area contributed by atoms with Crippen molar-refractivity contribution in [2.24, 2.45) is 0 Å². The number of nitrogens with one attached hydrogen (secondary N) is 2. The summed E-state index contributed by atoms with van der Waals surface area (Å²) in [6.07, 6.45) is 0. The lowest BCUT2D eigenvalue weighted by Crippen LogP contribution is -2.34. The van der Waals surface area contributed by atoms with Crippen molar-refractivity contribution in [3.63, 3.8) is 0 Å². The minimum absolute atomic E-state index is 0.158. The second-order valence-corrected chi connectivity index (χ2v) is 8.69. The maximum Gasteiger partial charge on any atom is 0.257 e. The molecule has 1 aromatic heterocycles. The summed E-state index contributed by atoms with van der Waals surface area (Å²) in [5, 5.41) is 6.56. The second kappa shape index (κ2) is 8.90. The summed E-state index contributed by atoms with van der Waals surface area (Å²) in [4.78, 5) is 17.1. The van der Waals surface area contributed by atoms with E-state index in [0.29, 0.717) is 21.5 Å². The van der Waals surface area contributed by atoms with Gasteiger partial charge in [-0.3, -0.25) is 10.1 Å². The van der Waals surface area contributed by atoms with Gasteiger partial charge < -0.3 is 9.73 Å². The minimum atomic E-state index is -0.389. The molecule has 0 aliphatic heterocycles. The number of rotatable bonds is 3. The molecule has 0 unspecified atom stereocenters. The maximum absolute atomic E-state index is 12.5. The van der Waals surface area contributed by atoms with E-state index in [1.807, 2.05) is 45.0 Å². The standard InChI is InChI=1S/C24H19Cl2N3O2S/c1-12-9-13(2)21-20(10-12)27-23(31-21)16-5-4-6-19(14(16)3)28-24(32)29-22(30)15-7-8-17(25)18(26)11-15/h4-11H,1-3H3,(H2,28,29,30,32). The van der Waals surface area contributed by atoms with Gasteiger partial charge in [-0.1, -0.05) is 35.3 Å². The molecule has 5 nitrogen and oxygen atoms in total. The monoisotopic (exact) mass is 483 g/mol. The molecule has 3 aromatic carbocycles. The number of anilines is 1. The SMILES string of the molecule is Cc1cc(C)c2oc(-c3cccc(NC(=S)NC(=O)c4ccc(Cl)c(Cl)c4)c3C)nc2c1. The van der Waals surface area contributed by atoms with Crippen LogP contribution in [0.3, 0.4) is 0 Å². The Morgan fingerprint density at radius 2 is 1.81 bits per heavy atom. The largest absolute Gasteiger partial charge is 0.436 e. The fourth-order valence-corrected chi connectivity index (χ4v) is 3.96. The van der Waals surface area contributed by atoms with E-state index in [1.165, 1.54) is 6.07 Å². The number of hydrogen-bond acceptors (Lipinski definition) is 4. The molecule has 4 rings (SSSR count). The van der Waals surface area contributed by atoms with E-state index in [4.69, 9.17) is 39.8 Å². The van der Waals surface area contributed by atoms with Crippen LogP contribution in [0, 0.1) is 20.8 Å². The third kappa shape index (κ3) is 4.48. The number of halogens is 2. The summed E-state index contributed by atoms with van der Waals surface area (Å²) in [7, 11) is 0. The van der Waals surface area contributed by atoms with Gasteiger partial charge in [-0.05, 0) is 86.1 Å². The lowest BCUT2D eigenvalue weighted by Gasteiger charge is -2.13. The van der Waals surface area contributed by atoms with Crippen molar-refractivity contribution in [3.8, 4) is 11.5 Å². The Hall–Kier alpha value is -2.93. The highest BCUT2D eigenvalue weighted by atomic mass is 35.5. The number of aromatic nitrogens is 1. The number of hydrogen-bond donors (Lipinski definition) is 2. The van der Waals surface area contributed by atoms with E-state index in [0.717, 1.165) is 39.0 Å². The van der Waals surface area contributed by atoms with Gasteiger partial charge >= 0.3 is 0 Å². The molecule has 162 valence electrons. The Morgan fingerprint density at radius 1 is 1.03 bits per heavy atom. The summed E-state index contributed by atoms with van der Waals surface area (Å²) in [6, 6.07) is 14.4. The van der Waals surface area contributed by atoms with E-state index >= 15 is 0 Å². The predicted molar refractivity (Wildman–Crippen MR) is 134 cm³/mol. The number of aryl methyl sites for hydroxylation is 2. The van der Waals surface area contributed by atoms with Crippen LogP contribution < -0.4 is 10.6 Å². The van der Waals surface area contributed by atoms with Gasteiger partial charge in [0.05, 0.1) is 10.0 Å². The van der Waals surface area contributed by atoms with Gasteiger partial charge in [0.15, 0.2) is 10.7 Å². The first-order valence-electron chi connectivity index (χ1n) is 9.78. The average Bonchev–Trinajstić information content (AvgIpc) is 3.15. The molecule has 0 spiro atoms. The summed E-state index contributed by atoms with van der Waals surface area (Å²) < 4.78 is 6.06. The summed E-state index contributed by atoms with van der Waals surface area (Å²) in [5.74, 6) is 0.139. The van der Waals surface area contributed by atoms with Crippen LogP contribution in [0.25, 0.3) is 22.6 Å². The Labute approximate surface area is 200 Å². The van der Waals surface area contributed by atoms with Crippen molar-refractivity contribution < 1.29 is 9.21 Å². The number of thiocarbonyl (C=S) groups is 1. The summed E-state index contributed by atoms with van der Waals surface area (Å²) >= 11 is 17.2. The first-order valence-corrected chi connectivity index (χ1v) is 10.9. The molecule has 0 saturated carbocycles. The Bertz CT molecular complexity index is 1380. The van der Waals surface area contributed by atoms with Crippen molar-refractivity contribution in [2.45, 2.75) is 20.8 Å². The van der Waals surface area contributed by atoms with Crippen LogP contribution >= 0.6 is 35.4 Å². The molecule has 8 heteroatoms. The Morgan fingerprint density at radius 3 is 2.56 bits per heavy atom. The Balaban J connectivity index is 1.56. The number of benzene rings is 3. The molecule has 4 aromatic rings. The third-order valence-electron chi connectivity index (χ3n) is 5.04. The normalized spacial score (nSPS) is 10.9. The van der Waals surface area contributed by atoms with Crippen molar-refractivity contribution in [1.82, 2.24) is 10.3 Å². The van der Waals surface area contributed by atoms with Gasteiger partial charge in [-0.25, -0.2) is 4.98 Å².